The van der Waals surface area contributed by atoms with Crippen LogP contribution in [0.5, 0.6) is 5.75 Å². The smallest absolute Gasteiger partial charge is 0.120 e. The molecule has 1 N–H and O–H groups in total. The molecule has 0 amide bonds. The lowest BCUT2D eigenvalue weighted by Crippen LogP contribution is -2.28. The molecule has 0 saturated heterocycles. The number of rotatable bonds is 7. The highest BCUT2D eigenvalue weighted by Crippen LogP contribution is 2.15. The second-order valence-corrected chi connectivity index (χ2v) is 5.67. The molecule has 0 bridgehead atoms. The van der Waals surface area contributed by atoms with Gasteiger partial charge in [0.15, 0.2) is 0 Å². The van der Waals surface area contributed by atoms with Gasteiger partial charge in [-0.3, -0.25) is 0 Å². The third-order valence-corrected chi connectivity index (χ3v) is 3.83. The van der Waals surface area contributed by atoms with E-state index in [0.717, 1.165) is 25.3 Å². The number of benzene rings is 1. The highest BCUT2D eigenvalue weighted by Gasteiger charge is 2.04. The van der Waals surface area contributed by atoms with Crippen LogP contribution in [0.2, 0.25) is 0 Å². The van der Waals surface area contributed by atoms with Crippen molar-refractivity contribution < 1.29 is 4.74 Å². The van der Waals surface area contributed by atoms with E-state index in [1.165, 1.54) is 10.4 Å². The van der Waals surface area contributed by atoms with E-state index < -0.39 is 0 Å². The minimum atomic E-state index is 0.173. The second kappa shape index (κ2) is 7.31. The van der Waals surface area contributed by atoms with Crippen molar-refractivity contribution in [2.45, 2.75) is 32.9 Å². The van der Waals surface area contributed by atoms with Gasteiger partial charge < -0.3 is 10.1 Å². The van der Waals surface area contributed by atoms with E-state index in [1.807, 2.05) is 6.07 Å². The van der Waals surface area contributed by atoms with Gasteiger partial charge in [-0.05, 0) is 42.5 Å². The maximum Gasteiger partial charge on any atom is 0.120 e. The van der Waals surface area contributed by atoms with Gasteiger partial charge in [0.2, 0.25) is 0 Å². The van der Waals surface area contributed by atoms with Gasteiger partial charge in [0, 0.05) is 18.0 Å². The van der Waals surface area contributed by atoms with Gasteiger partial charge in [-0.1, -0.05) is 25.1 Å². The van der Waals surface area contributed by atoms with Gasteiger partial charge in [-0.15, -0.1) is 11.3 Å². The molecule has 1 unspecified atom stereocenters. The Labute approximate surface area is 119 Å². The van der Waals surface area contributed by atoms with Crippen LogP contribution in [0.1, 0.15) is 24.3 Å². The molecular weight excluding hydrogens is 254 g/mol. The van der Waals surface area contributed by atoms with Crippen molar-refractivity contribution in [3.8, 4) is 5.75 Å². The maximum absolute atomic E-state index is 5.92. The lowest BCUT2D eigenvalue weighted by Gasteiger charge is -2.15. The molecule has 1 aromatic heterocycles. The summed E-state index contributed by atoms with van der Waals surface area (Å²) in [4.78, 5) is 1.36. The zero-order valence-corrected chi connectivity index (χ0v) is 12.4. The molecule has 2 aromatic rings. The van der Waals surface area contributed by atoms with Crippen LogP contribution >= 0.6 is 11.3 Å². The topological polar surface area (TPSA) is 21.3 Å². The van der Waals surface area contributed by atoms with E-state index in [1.54, 1.807) is 11.3 Å². The van der Waals surface area contributed by atoms with Crippen LogP contribution in [0.4, 0.5) is 0 Å². The number of ether oxygens (including phenoxy) is 1. The maximum atomic E-state index is 5.92. The molecule has 0 saturated carbocycles. The summed E-state index contributed by atoms with van der Waals surface area (Å²) < 4.78 is 5.92. The standard InChI is InChI=1S/C16H21NOS/c1-3-14-6-4-7-15(10-14)18-13(2)11-17-12-16-8-5-9-19-16/h4-10,13,17H,3,11-12H2,1-2H3. The van der Waals surface area contributed by atoms with E-state index in [-0.39, 0.29) is 6.10 Å². The molecule has 2 rings (SSSR count). The second-order valence-electron chi connectivity index (χ2n) is 4.64. The molecule has 1 atom stereocenters. The Morgan fingerprint density at radius 2 is 2.16 bits per heavy atom. The molecule has 0 aliphatic rings. The Balaban J connectivity index is 1.75. The molecule has 1 heterocycles. The SMILES string of the molecule is CCc1cccc(OC(C)CNCc2cccs2)c1. The summed E-state index contributed by atoms with van der Waals surface area (Å²) in [7, 11) is 0. The lowest BCUT2D eigenvalue weighted by molar-refractivity contribution is 0.217. The van der Waals surface area contributed by atoms with E-state index in [0.29, 0.717) is 0 Å². The Morgan fingerprint density at radius 3 is 2.89 bits per heavy atom. The summed E-state index contributed by atoms with van der Waals surface area (Å²) in [5, 5.41) is 5.53. The molecule has 0 spiro atoms. The predicted molar refractivity (Wildman–Crippen MR) is 81.9 cm³/mol. The van der Waals surface area contributed by atoms with E-state index >= 15 is 0 Å². The summed E-state index contributed by atoms with van der Waals surface area (Å²) in [6.07, 6.45) is 1.22. The van der Waals surface area contributed by atoms with E-state index in [2.05, 4.69) is 54.9 Å². The van der Waals surface area contributed by atoms with Crippen molar-refractivity contribution in [3.63, 3.8) is 0 Å². The van der Waals surface area contributed by atoms with Crippen LogP contribution < -0.4 is 10.1 Å². The monoisotopic (exact) mass is 275 g/mol. The van der Waals surface area contributed by atoms with Gasteiger partial charge in [0.05, 0.1) is 0 Å². The molecule has 0 aliphatic carbocycles. The van der Waals surface area contributed by atoms with Crippen molar-refractivity contribution in [2.24, 2.45) is 0 Å². The summed E-state index contributed by atoms with van der Waals surface area (Å²) in [5.74, 6) is 0.963. The van der Waals surface area contributed by atoms with Gasteiger partial charge >= 0.3 is 0 Å². The van der Waals surface area contributed by atoms with E-state index in [9.17, 15) is 0 Å². The average Bonchev–Trinajstić information content (AvgIpc) is 2.92. The average molecular weight is 275 g/mol. The Hall–Kier alpha value is -1.32. The molecule has 0 fully saturated rings. The molecule has 2 nitrogen and oxygen atoms in total. The van der Waals surface area contributed by atoms with Crippen LogP contribution in [0, 0.1) is 0 Å². The molecular formula is C16H21NOS. The molecule has 3 heteroatoms. The first kappa shape index (κ1) is 14.1. The van der Waals surface area contributed by atoms with Crippen LogP contribution in [-0.2, 0) is 13.0 Å². The van der Waals surface area contributed by atoms with Crippen molar-refractivity contribution in [1.29, 1.82) is 0 Å². The summed E-state index contributed by atoms with van der Waals surface area (Å²) in [6, 6.07) is 12.6. The molecule has 19 heavy (non-hydrogen) atoms. The van der Waals surface area contributed by atoms with E-state index in [4.69, 9.17) is 4.74 Å². The highest BCUT2D eigenvalue weighted by atomic mass is 32.1. The number of aryl methyl sites for hydroxylation is 1. The molecule has 0 aliphatic heterocycles. The van der Waals surface area contributed by atoms with Gasteiger partial charge in [-0.2, -0.15) is 0 Å². The van der Waals surface area contributed by atoms with Gasteiger partial charge in [0.1, 0.15) is 11.9 Å². The number of hydrogen-bond acceptors (Lipinski definition) is 3. The third kappa shape index (κ3) is 4.69. The first-order chi connectivity index (χ1) is 9.28. The number of hydrogen-bond donors (Lipinski definition) is 1. The molecule has 0 radical (unpaired) electrons. The Bertz CT molecular complexity index is 481. The predicted octanol–water partition coefficient (Wildman–Crippen LogP) is 3.87. The lowest BCUT2D eigenvalue weighted by atomic mass is 10.2. The van der Waals surface area contributed by atoms with Crippen LogP contribution in [0.15, 0.2) is 41.8 Å². The van der Waals surface area contributed by atoms with Crippen LogP contribution in [-0.4, -0.2) is 12.6 Å². The third-order valence-electron chi connectivity index (χ3n) is 2.96. The molecule has 1 aromatic carbocycles. The zero-order chi connectivity index (χ0) is 13.5. The fourth-order valence-corrected chi connectivity index (χ4v) is 2.60. The number of thiophene rings is 1. The van der Waals surface area contributed by atoms with Crippen molar-refractivity contribution in [3.05, 3.63) is 52.2 Å². The quantitative estimate of drug-likeness (QED) is 0.828. The van der Waals surface area contributed by atoms with Gasteiger partial charge in [0.25, 0.3) is 0 Å². The van der Waals surface area contributed by atoms with Crippen LogP contribution in [0.25, 0.3) is 0 Å². The first-order valence-electron chi connectivity index (χ1n) is 6.76. The number of nitrogens with one attached hydrogen (secondary N) is 1. The summed E-state index contributed by atoms with van der Waals surface area (Å²) in [6.45, 7) is 6.03. The minimum Gasteiger partial charge on any atom is -0.489 e. The van der Waals surface area contributed by atoms with Gasteiger partial charge in [-0.25, -0.2) is 0 Å². The van der Waals surface area contributed by atoms with Crippen molar-refractivity contribution in [2.75, 3.05) is 6.54 Å². The Morgan fingerprint density at radius 1 is 1.26 bits per heavy atom. The summed E-state index contributed by atoms with van der Waals surface area (Å²) in [5.41, 5.74) is 1.32. The Kier molecular flexibility index (Phi) is 5.43. The normalized spacial score (nSPS) is 12.3. The highest BCUT2D eigenvalue weighted by molar-refractivity contribution is 7.09. The fraction of sp³-hybridized carbons (Fsp3) is 0.375. The summed E-state index contributed by atoms with van der Waals surface area (Å²) >= 11 is 1.78. The fourth-order valence-electron chi connectivity index (χ4n) is 1.92. The van der Waals surface area contributed by atoms with Crippen molar-refractivity contribution >= 4 is 11.3 Å². The first-order valence-corrected chi connectivity index (χ1v) is 7.64. The largest absolute Gasteiger partial charge is 0.489 e. The van der Waals surface area contributed by atoms with Crippen LogP contribution in [0.3, 0.4) is 0 Å². The molecule has 102 valence electrons. The van der Waals surface area contributed by atoms with Crippen molar-refractivity contribution in [1.82, 2.24) is 5.32 Å². The zero-order valence-electron chi connectivity index (χ0n) is 11.6. The minimum absolute atomic E-state index is 0.173.